The predicted octanol–water partition coefficient (Wildman–Crippen LogP) is 2.66. The van der Waals surface area contributed by atoms with Gasteiger partial charge in [0.25, 0.3) is 0 Å². The van der Waals surface area contributed by atoms with Crippen LogP contribution in [0.15, 0.2) is 59.8 Å². The number of tetrazole rings is 1. The molecule has 1 fully saturated rings. The SMILES string of the molecule is Cc1ccccc1-n1nnnc1SC(C(=O)N1CCOCC1)c1ccccc1. The molecule has 1 aliphatic rings. The molecule has 1 amide bonds. The Balaban J connectivity index is 1.67. The highest BCUT2D eigenvalue weighted by molar-refractivity contribution is 8.00. The molecule has 1 atom stereocenters. The minimum absolute atomic E-state index is 0.0545. The number of para-hydroxylation sites is 1. The topological polar surface area (TPSA) is 73.1 Å². The quantitative estimate of drug-likeness (QED) is 0.619. The summed E-state index contributed by atoms with van der Waals surface area (Å²) in [4.78, 5) is 15.2. The first-order valence-electron chi connectivity index (χ1n) is 9.16. The summed E-state index contributed by atoms with van der Waals surface area (Å²) in [6.45, 7) is 4.35. The molecule has 1 aliphatic heterocycles. The van der Waals surface area contributed by atoms with Crippen LogP contribution >= 0.6 is 11.8 Å². The summed E-state index contributed by atoms with van der Waals surface area (Å²) < 4.78 is 7.09. The van der Waals surface area contributed by atoms with Gasteiger partial charge in [0.05, 0.1) is 18.9 Å². The maximum Gasteiger partial charge on any atom is 0.240 e. The molecule has 2 heterocycles. The van der Waals surface area contributed by atoms with Gasteiger partial charge < -0.3 is 9.64 Å². The third-order valence-electron chi connectivity index (χ3n) is 4.66. The third kappa shape index (κ3) is 3.93. The van der Waals surface area contributed by atoms with E-state index < -0.39 is 5.25 Å². The van der Waals surface area contributed by atoms with Crippen LogP contribution in [0.25, 0.3) is 5.69 Å². The van der Waals surface area contributed by atoms with Crippen molar-refractivity contribution in [1.29, 1.82) is 0 Å². The minimum atomic E-state index is -0.423. The molecule has 0 spiro atoms. The number of rotatable bonds is 5. The molecule has 2 aromatic carbocycles. The Labute approximate surface area is 167 Å². The van der Waals surface area contributed by atoms with E-state index >= 15 is 0 Å². The zero-order valence-corrected chi connectivity index (χ0v) is 16.4. The van der Waals surface area contributed by atoms with Crippen LogP contribution in [-0.2, 0) is 9.53 Å². The third-order valence-corrected chi connectivity index (χ3v) is 5.83. The lowest BCUT2D eigenvalue weighted by atomic mass is 10.1. The van der Waals surface area contributed by atoms with Gasteiger partial charge in [-0.1, -0.05) is 60.3 Å². The van der Waals surface area contributed by atoms with E-state index in [0.29, 0.717) is 31.5 Å². The van der Waals surface area contributed by atoms with E-state index in [2.05, 4.69) is 15.5 Å². The van der Waals surface area contributed by atoms with Crippen molar-refractivity contribution in [1.82, 2.24) is 25.1 Å². The van der Waals surface area contributed by atoms with Gasteiger partial charge in [0.1, 0.15) is 5.25 Å². The molecule has 0 saturated carbocycles. The molecule has 1 unspecified atom stereocenters. The number of carbonyl (C=O) groups excluding carboxylic acids is 1. The molecule has 4 rings (SSSR count). The predicted molar refractivity (Wildman–Crippen MR) is 106 cm³/mol. The largest absolute Gasteiger partial charge is 0.378 e. The van der Waals surface area contributed by atoms with Crippen LogP contribution < -0.4 is 0 Å². The average Bonchev–Trinajstić information content (AvgIpc) is 3.21. The Morgan fingerprint density at radius 1 is 1.07 bits per heavy atom. The van der Waals surface area contributed by atoms with Crippen molar-refractivity contribution in [3.63, 3.8) is 0 Å². The lowest BCUT2D eigenvalue weighted by molar-refractivity contribution is -0.134. The number of carbonyl (C=O) groups is 1. The van der Waals surface area contributed by atoms with E-state index in [1.807, 2.05) is 66.4 Å². The fourth-order valence-electron chi connectivity index (χ4n) is 3.15. The summed E-state index contributed by atoms with van der Waals surface area (Å²) in [5, 5.41) is 12.4. The number of nitrogens with zero attached hydrogens (tertiary/aromatic N) is 5. The molecule has 144 valence electrons. The molecule has 3 aromatic rings. The average molecular weight is 395 g/mol. The fraction of sp³-hybridized carbons (Fsp3) is 0.300. The monoisotopic (exact) mass is 395 g/mol. The lowest BCUT2D eigenvalue weighted by Gasteiger charge is -2.30. The summed E-state index contributed by atoms with van der Waals surface area (Å²) in [5.74, 6) is 0.0545. The van der Waals surface area contributed by atoms with E-state index in [1.165, 1.54) is 11.8 Å². The smallest absolute Gasteiger partial charge is 0.240 e. The second-order valence-corrected chi connectivity index (χ2v) is 7.58. The Morgan fingerprint density at radius 3 is 2.54 bits per heavy atom. The Kier molecular flexibility index (Phi) is 5.68. The highest BCUT2D eigenvalue weighted by Gasteiger charge is 2.30. The standard InChI is InChI=1S/C20H21N5O2S/c1-15-7-5-6-10-17(15)25-20(21-22-23-25)28-18(16-8-3-2-4-9-16)19(26)24-11-13-27-14-12-24/h2-10,18H,11-14H2,1H3. The van der Waals surface area contributed by atoms with Crippen molar-refractivity contribution < 1.29 is 9.53 Å². The van der Waals surface area contributed by atoms with Gasteiger partial charge in [-0.05, 0) is 34.5 Å². The molecule has 0 N–H and O–H groups in total. The normalized spacial score (nSPS) is 15.4. The number of aromatic nitrogens is 4. The highest BCUT2D eigenvalue weighted by Crippen LogP contribution is 2.36. The summed E-state index contributed by atoms with van der Waals surface area (Å²) in [6.07, 6.45) is 0. The van der Waals surface area contributed by atoms with Gasteiger partial charge in [-0.3, -0.25) is 4.79 Å². The first kappa shape index (κ1) is 18.6. The van der Waals surface area contributed by atoms with Crippen molar-refractivity contribution in [2.45, 2.75) is 17.3 Å². The summed E-state index contributed by atoms with van der Waals surface area (Å²) in [5.41, 5.74) is 2.90. The number of ether oxygens (including phenoxy) is 1. The molecule has 0 radical (unpaired) electrons. The molecular weight excluding hydrogens is 374 g/mol. The van der Waals surface area contributed by atoms with Crippen LogP contribution in [0, 0.1) is 6.92 Å². The second-order valence-electron chi connectivity index (χ2n) is 6.51. The van der Waals surface area contributed by atoms with Crippen LogP contribution in [0.1, 0.15) is 16.4 Å². The molecule has 1 aromatic heterocycles. The van der Waals surface area contributed by atoms with Gasteiger partial charge in [0.2, 0.25) is 11.1 Å². The number of hydrogen-bond donors (Lipinski definition) is 0. The lowest BCUT2D eigenvalue weighted by Crippen LogP contribution is -2.42. The van der Waals surface area contributed by atoms with E-state index in [9.17, 15) is 4.79 Å². The first-order valence-corrected chi connectivity index (χ1v) is 10.0. The zero-order valence-electron chi connectivity index (χ0n) is 15.6. The Morgan fingerprint density at radius 2 is 1.79 bits per heavy atom. The first-order chi connectivity index (χ1) is 13.7. The number of amides is 1. The van der Waals surface area contributed by atoms with Gasteiger partial charge in [-0.15, -0.1) is 5.10 Å². The maximum absolute atomic E-state index is 13.3. The molecule has 0 aliphatic carbocycles. The van der Waals surface area contributed by atoms with Crippen molar-refractivity contribution >= 4 is 17.7 Å². The van der Waals surface area contributed by atoms with Gasteiger partial charge in [-0.25, -0.2) is 0 Å². The van der Waals surface area contributed by atoms with Crippen molar-refractivity contribution in [2.75, 3.05) is 26.3 Å². The van der Waals surface area contributed by atoms with Crippen LogP contribution in [-0.4, -0.2) is 57.3 Å². The molecule has 1 saturated heterocycles. The summed E-state index contributed by atoms with van der Waals surface area (Å²) in [7, 11) is 0. The van der Waals surface area contributed by atoms with Crippen LogP contribution in [0.4, 0.5) is 0 Å². The molecule has 7 nitrogen and oxygen atoms in total. The summed E-state index contributed by atoms with van der Waals surface area (Å²) >= 11 is 1.38. The Hall–Kier alpha value is -2.71. The van der Waals surface area contributed by atoms with Crippen LogP contribution in [0.2, 0.25) is 0 Å². The van der Waals surface area contributed by atoms with E-state index in [-0.39, 0.29) is 5.91 Å². The zero-order chi connectivity index (χ0) is 19.3. The van der Waals surface area contributed by atoms with Crippen LogP contribution in [0.5, 0.6) is 0 Å². The highest BCUT2D eigenvalue weighted by atomic mass is 32.2. The van der Waals surface area contributed by atoms with Crippen molar-refractivity contribution in [2.24, 2.45) is 0 Å². The number of benzene rings is 2. The number of aryl methyl sites for hydroxylation is 1. The van der Waals surface area contributed by atoms with Crippen LogP contribution in [0.3, 0.4) is 0 Å². The van der Waals surface area contributed by atoms with Gasteiger partial charge in [-0.2, -0.15) is 4.68 Å². The van der Waals surface area contributed by atoms with E-state index in [0.717, 1.165) is 16.8 Å². The Bertz CT molecular complexity index is 941. The van der Waals surface area contributed by atoms with Gasteiger partial charge in [0.15, 0.2) is 0 Å². The van der Waals surface area contributed by atoms with E-state index in [4.69, 9.17) is 4.74 Å². The van der Waals surface area contributed by atoms with Gasteiger partial charge >= 0.3 is 0 Å². The van der Waals surface area contributed by atoms with Crippen molar-refractivity contribution in [3.8, 4) is 5.69 Å². The second kappa shape index (κ2) is 8.53. The minimum Gasteiger partial charge on any atom is -0.378 e. The van der Waals surface area contributed by atoms with E-state index in [1.54, 1.807) is 4.68 Å². The molecule has 28 heavy (non-hydrogen) atoms. The maximum atomic E-state index is 13.3. The fourth-order valence-corrected chi connectivity index (χ4v) is 4.22. The number of hydrogen-bond acceptors (Lipinski definition) is 6. The van der Waals surface area contributed by atoms with Crippen molar-refractivity contribution in [3.05, 3.63) is 65.7 Å². The van der Waals surface area contributed by atoms with Gasteiger partial charge in [0, 0.05) is 13.1 Å². The number of morpholine rings is 1. The molecular formula is C20H21N5O2S. The molecule has 0 bridgehead atoms. The summed E-state index contributed by atoms with van der Waals surface area (Å²) in [6, 6.07) is 17.7. The molecule has 8 heteroatoms. The number of thioether (sulfide) groups is 1.